The maximum atomic E-state index is 6.60. The van der Waals surface area contributed by atoms with Gasteiger partial charge in [-0.25, -0.2) is 4.98 Å². The molecule has 0 unspecified atom stereocenters. The average molecular weight is 529 g/mol. The van der Waals surface area contributed by atoms with Crippen molar-refractivity contribution in [1.82, 2.24) is 4.98 Å². The highest BCUT2D eigenvalue weighted by Crippen LogP contribution is 2.47. The van der Waals surface area contributed by atoms with Crippen molar-refractivity contribution in [2.75, 3.05) is 4.90 Å². The van der Waals surface area contributed by atoms with Crippen molar-refractivity contribution in [3.8, 4) is 22.6 Å². The molecule has 0 radical (unpaired) electrons. The number of hydrogen-bond acceptors (Lipinski definition) is 4. The summed E-state index contributed by atoms with van der Waals surface area (Å²) in [6, 6.07) is 49.6. The van der Waals surface area contributed by atoms with Crippen LogP contribution in [-0.4, -0.2) is 4.98 Å². The number of nitrogens with zero attached hydrogens (tertiary/aromatic N) is 2. The number of furan rings is 1. The summed E-state index contributed by atoms with van der Waals surface area (Å²) < 4.78 is 13.0. The number of oxazole rings is 1. The zero-order chi connectivity index (χ0) is 27.2. The maximum absolute atomic E-state index is 6.60. The third kappa shape index (κ3) is 3.97. The lowest BCUT2D eigenvalue weighted by molar-refractivity contribution is 0.620. The van der Waals surface area contributed by atoms with Crippen LogP contribution in [0, 0.1) is 0 Å². The van der Waals surface area contributed by atoms with E-state index in [0.717, 1.165) is 55.6 Å². The summed E-state index contributed by atoms with van der Waals surface area (Å²) in [6.45, 7) is 0. The molecule has 0 aliphatic carbocycles. The van der Waals surface area contributed by atoms with Crippen molar-refractivity contribution in [2.24, 2.45) is 0 Å². The fourth-order valence-corrected chi connectivity index (χ4v) is 5.55. The first-order valence-electron chi connectivity index (χ1n) is 13.6. The fraction of sp³-hybridized carbons (Fsp3) is 0. The molecule has 2 aromatic heterocycles. The summed E-state index contributed by atoms with van der Waals surface area (Å²) in [5, 5.41) is 2.02. The van der Waals surface area contributed by atoms with E-state index in [9.17, 15) is 0 Å². The van der Waals surface area contributed by atoms with Crippen molar-refractivity contribution in [2.45, 2.75) is 0 Å². The number of anilines is 3. The molecule has 4 nitrogen and oxygen atoms in total. The van der Waals surface area contributed by atoms with Gasteiger partial charge in [0.1, 0.15) is 16.8 Å². The molecular formula is C37H24N2O2. The van der Waals surface area contributed by atoms with E-state index >= 15 is 0 Å². The van der Waals surface area contributed by atoms with Gasteiger partial charge in [-0.1, -0.05) is 97.1 Å². The van der Waals surface area contributed by atoms with E-state index in [1.807, 2.05) is 60.7 Å². The normalized spacial score (nSPS) is 11.4. The number of para-hydroxylation sites is 2. The molecule has 8 aromatic rings. The molecule has 0 saturated heterocycles. The van der Waals surface area contributed by atoms with Crippen LogP contribution in [0.15, 0.2) is 154 Å². The first-order chi connectivity index (χ1) is 20.3. The number of benzene rings is 6. The van der Waals surface area contributed by atoms with E-state index in [1.54, 1.807) is 0 Å². The zero-order valence-corrected chi connectivity index (χ0v) is 22.1. The Bertz CT molecular complexity index is 2130. The van der Waals surface area contributed by atoms with Gasteiger partial charge in [-0.15, -0.1) is 0 Å². The summed E-state index contributed by atoms with van der Waals surface area (Å²) in [5.74, 6) is 0.575. The summed E-state index contributed by atoms with van der Waals surface area (Å²) in [6.07, 6.45) is 0. The second kappa shape index (κ2) is 9.54. The standard InChI is InChI=1S/C37H24N2O2/c1-4-12-25(13-5-1)26-20-22-29(23-21-26)39(28-16-8-3-9-17-28)35-34-33(41-37(38-34)27-14-6-2-7-15-27)24-31-30-18-10-11-19-32(30)40-36(31)35/h1-24H. The highest BCUT2D eigenvalue weighted by Gasteiger charge is 2.26. The number of aromatic nitrogens is 1. The van der Waals surface area contributed by atoms with Gasteiger partial charge >= 0.3 is 0 Å². The van der Waals surface area contributed by atoms with Crippen LogP contribution < -0.4 is 4.90 Å². The Morgan fingerprint density at radius 2 is 1.05 bits per heavy atom. The predicted molar refractivity (Wildman–Crippen MR) is 167 cm³/mol. The molecule has 6 aromatic carbocycles. The molecule has 194 valence electrons. The third-order valence-electron chi connectivity index (χ3n) is 7.49. The maximum Gasteiger partial charge on any atom is 0.227 e. The van der Waals surface area contributed by atoms with Crippen molar-refractivity contribution >= 4 is 50.1 Å². The molecule has 0 aliphatic rings. The molecule has 0 spiro atoms. The lowest BCUT2D eigenvalue weighted by Gasteiger charge is -2.25. The Morgan fingerprint density at radius 1 is 0.463 bits per heavy atom. The van der Waals surface area contributed by atoms with Crippen LogP contribution in [0.3, 0.4) is 0 Å². The summed E-state index contributed by atoms with van der Waals surface area (Å²) in [5.41, 5.74) is 9.14. The first-order valence-corrected chi connectivity index (χ1v) is 13.6. The van der Waals surface area contributed by atoms with Gasteiger partial charge in [0.15, 0.2) is 11.2 Å². The summed E-state index contributed by atoms with van der Waals surface area (Å²) in [4.78, 5) is 7.29. The average Bonchev–Trinajstić information content (AvgIpc) is 3.64. The van der Waals surface area contributed by atoms with Crippen LogP contribution in [0.5, 0.6) is 0 Å². The number of hydrogen-bond donors (Lipinski definition) is 0. The second-order valence-electron chi connectivity index (χ2n) is 10.0. The fourth-order valence-electron chi connectivity index (χ4n) is 5.55. The van der Waals surface area contributed by atoms with Gasteiger partial charge in [-0.3, -0.25) is 0 Å². The van der Waals surface area contributed by atoms with Crippen molar-refractivity contribution < 1.29 is 8.83 Å². The third-order valence-corrected chi connectivity index (χ3v) is 7.49. The quantitative estimate of drug-likeness (QED) is 0.223. The molecule has 41 heavy (non-hydrogen) atoms. The molecule has 2 heterocycles. The van der Waals surface area contributed by atoms with E-state index in [4.69, 9.17) is 13.8 Å². The molecule has 4 heteroatoms. The molecule has 0 fully saturated rings. The van der Waals surface area contributed by atoms with Gasteiger partial charge < -0.3 is 13.7 Å². The SMILES string of the molecule is c1ccc(-c2ccc(N(c3ccccc3)c3c4nc(-c5ccccc5)oc4cc4c3oc3ccccc34)cc2)cc1. The van der Waals surface area contributed by atoms with E-state index in [2.05, 4.69) is 89.8 Å². The van der Waals surface area contributed by atoms with Crippen LogP contribution in [0.4, 0.5) is 17.1 Å². The monoisotopic (exact) mass is 528 g/mol. The highest BCUT2D eigenvalue weighted by molar-refractivity contribution is 6.17. The van der Waals surface area contributed by atoms with E-state index in [-0.39, 0.29) is 0 Å². The molecule has 0 atom stereocenters. The number of rotatable bonds is 5. The van der Waals surface area contributed by atoms with Crippen molar-refractivity contribution in [3.05, 3.63) is 146 Å². The van der Waals surface area contributed by atoms with Gasteiger partial charge in [0.05, 0.1) is 0 Å². The van der Waals surface area contributed by atoms with E-state index < -0.39 is 0 Å². The van der Waals surface area contributed by atoms with Crippen LogP contribution in [0.1, 0.15) is 0 Å². The van der Waals surface area contributed by atoms with E-state index in [0.29, 0.717) is 11.5 Å². The smallest absolute Gasteiger partial charge is 0.227 e. The lowest BCUT2D eigenvalue weighted by atomic mass is 10.0. The van der Waals surface area contributed by atoms with Gasteiger partial charge in [-0.2, -0.15) is 0 Å². The Labute approximate surface area is 236 Å². The van der Waals surface area contributed by atoms with Crippen LogP contribution in [-0.2, 0) is 0 Å². The van der Waals surface area contributed by atoms with Gasteiger partial charge in [0, 0.05) is 27.7 Å². The first kappa shape index (κ1) is 23.3. The van der Waals surface area contributed by atoms with Crippen LogP contribution >= 0.6 is 0 Å². The molecule has 8 rings (SSSR count). The number of fused-ring (bicyclic) bond motifs is 4. The minimum absolute atomic E-state index is 0.575. The molecule has 0 N–H and O–H groups in total. The van der Waals surface area contributed by atoms with Gasteiger partial charge in [0.2, 0.25) is 5.89 Å². The lowest BCUT2D eigenvalue weighted by Crippen LogP contribution is -2.11. The topological polar surface area (TPSA) is 42.4 Å². The van der Waals surface area contributed by atoms with E-state index in [1.165, 1.54) is 5.56 Å². The Balaban J connectivity index is 1.43. The molecule has 0 bridgehead atoms. The Kier molecular flexibility index (Phi) is 5.42. The largest absolute Gasteiger partial charge is 0.454 e. The highest BCUT2D eigenvalue weighted by atomic mass is 16.4. The van der Waals surface area contributed by atoms with Crippen molar-refractivity contribution in [3.63, 3.8) is 0 Å². The Morgan fingerprint density at radius 3 is 1.78 bits per heavy atom. The molecule has 0 amide bonds. The zero-order valence-electron chi connectivity index (χ0n) is 22.1. The molecule has 0 aliphatic heterocycles. The van der Waals surface area contributed by atoms with Crippen LogP contribution in [0.2, 0.25) is 0 Å². The minimum Gasteiger partial charge on any atom is -0.454 e. The second-order valence-corrected chi connectivity index (χ2v) is 10.0. The van der Waals surface area contributed by atoms with Gasteiger partial charge in [0.25, 0.3) is 0 Å². The summed E-state index contributed by atoms with van der Waals surface area (Å²) >= 11 is 0. The van der Waals surface area contributed by atoms with Gasteiger partial charge in [-0.05, 0) is 59.7 Å². The Hall–Kier alpha value is -5.61. The molecular weight excluding hydrogens is 504 g/mol. The summed E-state index contributed by atoms with van der Waals surface area (Å²) in [7, 11) is 0. The minimum atomic E-state index is 0.575. The van der Waals surface area contributed by atoms with Crippen LogP contribution in [0.25, 0.3) is 55.6 Å². The predicted octanol–water partition coefficient (Wildman–Crippen LogP) is 10.5. The molecule has 0 saturated carbocycles. The van der Waals surface area contributed by atoms with Crippen molar-refractivity contribution in [1.29, 1.82) is 0 Å².